The van der Waals surface area contributed by atoms with Gasteiger partial charge in [0, 0.05) is 19.0 Å². The van der Waals surface area contributed by atoms with Crippen molar-refractivity contribution in [2.45, 2.75) is 44.5 Å². The number of hydrogen-bond acceptors (Lipinski definition) is 4. The molecule has 0 aromatic carbocycles. The molecule has 0 saturated carbocycles. The van der Waals surface area contributed by atoms with Crippen molar-refractivity contribution in [1.82, 2.24) is 4.37 Å². The van der Waals surface area contributed by atoms with Crippen molar-refractivity contribution in [3.63, 3.8) is 0 Å². The molecule has 2 heterocycles. The lowest BCUT2D eigenvalue weighted by Crippen LogP contribution is -2.40. The summed E-state index contributed by atoms with van der Waals surface area (Å²) in [5, 5.41) is 10.5. The molecule has 0 aliphatic carbocycles. The Hall–Kier alpha value is -0.450. The highest BCUT2D eigenvalue weighted by Crippen LogP contribution is 2.38. The van der Waals surface area contributed by atoms with Gasteiger partial charge in [-0.2, -0.15) is 0 Å². The molecule has 2 atom stereocenters. The summed E-state index contributed by atoms with van der Waals surface area (Å²) < 4.78 is 9.64. The van der Waals surface area contributed by atoms with E-state index < -0.39 is 5.60 Å². The van der Waals surface area contributed by atoms with E-state index in [0.29, 0.717) is 12.8 Å². The summed E-state index contributed by atoms with van der Waals surface area (Å²) >= 11 is 1.38. The summed E-state index contributed by atoms with van der Waals surface area (Å²) in [4.78, 5) is 0.958. The summed E-state index contributed by atoms with van der Waals surface area (Å²) in [6.45, 7) is 4.00. The second kappa shape index (κ2) is 3.61. The molecule has 0 bridgehead atoms. The van der Waals surface area contributed by atoms with E-state index in [2.05, 4.69) is 4.37 Å². The quantitative estimate of drug-likeness (QED) is 0.775. The van der Waals surface area contributed by atoms with Crippen molar-refractivity contribution in [2.75, 3.05) is 0 Å². The van der Waals surface area contributed by atoms with Gasteiger partial charge in [0.1, 0.15) is 5.60 Å². The molecular formula is C10H15NO2S. The zero-order valence-corrected chi connectivity index (χ0v) is 9.25. The van der Waals surface area contributed by atoms with E-state index >= 15 is 0 Å². The first-order valence-corrected chi connectivity index (χ1v) is 5.66. The van der Waals surface area contributed by atoms with Crippen LogP contribution in [0.15, 0.2) is 12.3 Å². The fraction of sp³-hybridized carbons (Fsp3) is 0.700. The highest BCUT2D eigenvalue weighted by Gasteiger charge is 2.39. The molecule has 1 aromatic rings. The van der Waals surface area contributed by atoms with E-state index in [4.69, 9.17) is 4.74 Å². The van der Waals surface area contributed by atoms with Gasteiger partial charge in [0.05, 0.1) is 17.1 Å². The highest BCUT2D eigenvalue weighted by atomic mass is 32.1. The van der Waals surface area contributed by atoms with Crippen molar-refractivity contribution < 1.29 is 9.84 Å². The standard InChI is InChI=1S/C10H15NO2S/c1-7-5-10(12,6-8(2)13-7)9-3-4-11-14-9/h3-4,7-8,12H,5-6H2,1-2H3. The van der Waals surface area contributed by atoms with Crippen molar-refractivity contribution in [3.8, 4) is 0 Å². The molecule has 0 radical (unpaired) electrons. The molecule has 0 amide bonds. The molecule has 1 fully saturated rings. The predicted octanol–water partition coefficient (Wildman–Crippen LogP) is 1.92. The van der Waals surface area contributed by atoms with Crippen LogP contribution in [0.3, 0.4) is 0 Å². The van der Waals surface area contributed by atoms with Gasteiger partial charge in [-0.25, -0.2) is 4.37 Å². The van der Waals surface area contributed by atoms with Gasteiger partial charge in [-0.15, -0.1) is 0 Å². The van der Waals surface area contributed by atoms with Crippen molar-refractivity contribution in [3.05, 3.63) is 17.1 Å². The molecule has 4 heteroatoms. The van der Waals surface area contributed by atoms with Gasteiger partial charge in [-0.3, -0.25) is 0 Å². The Morgan fingerprint density at radius 3 is 2.64 bits per heavy atom. The van der Waals surface area contributed by atoms with Gasteiger partial charge < -0.3 is 9.84 Å². The fourth-order valence-electron chi connectivity index (χ4n) is 2.18. The summed E-state index contributed by atoms with van der Waals surface area (Å²) in [7, 11) is 0. The van der Waals surface area contributed by atoms with Crippen LogP contribution < -0.4 is 0 Å². The van der Waals surface area contributed by atoms with Crippen molar-refractivity contribution in [2.24, 2.45) is 0 Å². The number of rotatable bonds is 1. The lowest BCUT2D eigenvalue weighted by molar-refractivity contribution is -0.134. The number of aliphatic hydroxyl groups is 1. The monoisotopic (exact) mass is 213 g/mol. The normalized spacial score (nSPS) is 38.5. The lowest BCUT2D eigenvalue weighted by Gasteiger charge is -2.38. The summed E-state index contributed by atoms with van der Waals surface area (Å²) in [6.07, 6.45) is 3.30. The van der Waals surface area contributed by atoms with Gasteiger partial charge in [0.2, 0.25) is 0 Å². The summed E-state index contributed by atoms with van der Waals surface area (Å²) in [5.41, 5.74) is -0.724. The maximum Gasteiger partial charge on any atom is 0.105 e. The average molecular weight is 213 g/mol. The van der Waals surface area contributed by atoms with Gasteiger partial charge in [0.25, 0.3) is 0 Å². The second-order valence-corrected chi connectivity index (χ2v) is 4.91. The first-order valence-electron chi connectivity index (χ1n) is 4.89. The van der Waals surface area contributed by atoms with Crippen LogP contribution >= 0.6 is 11.5 Å². The molecule has 1 aliphatic rings. The molecular weight excluding hydrogens is 198 g/mol. The van der Waals surface area contributed by atoms with Gasteiger partial charge in [-0.1, -0.05) is 0 Å². The van der Waals surface area contributed by atoms with Crippen molar-refractivity contribution in [1.29, 1.82) is 0 Å². The zero-order chi connectivity index (χ0) is 10.2. The Morgan fingerprint density at radius 2 is 2.14 bits per heavy atom. The second-order valence-electron chi connectivity index (χ2n) is 4.07. The van der Waals surface area contributed by atoms with Gasteiger partial charge in [-0.05, 0) is 31.4 Å². The summed E-state index contributed by atoms with van der Waals surface area (Å²) in [6, 6.07) is 1.90. The molecule has 14 heavy (non-hydrogen) atoms. The number of nitrogens with zero attached hydrogens (tertiary/aromatic N) is 1. The van der Waals surface area contributed by atoms with Crippen LogP contribution in [0, 0.1) is 0 Å². The Balaban J connectivity index is 2.22. The van der Waals surface area contributed by atoms with E-state index in [-0.39, 0.29) is 12.2 Å². The highest BCUT2D eigenvalue weighted by molar-refractivity contribution is 7.05. The van der Waals surface area contributed by atoms with Gasteiger partial charge >= 0.3 is 0 Å². The first kappa shape index (κ1) is 10.1. The number of ether oxygens (including phenoxy) is 1. The van der Waals surface area contributed by atoms with E-state index in [1.807, 2.05) is 19.9 Å². The Labute approximate surface area is 87.9 Å². The maximum absolute atomic E-state index is 10.5. The molecule has 3 nitrogen and oxygen atoms in total. The molecule has 2 rings (SSSR count). The fourth-order valence-corrected chi connectivity index (χ4v) is 2.88. The molecule has 1 saturated heterocycles. The third kappa shape index (κ3) is 1.82. The largest absolute Gasteiger partial charge is 0.384 e. The van der Waals surface area contributed by atoms with E-state index in [0.717, 1.165) is 4.88 Å². The Bertz CT molecular complexity index is 289. The molecule has 2 unspecified atom stereocenters. The van der Waals surface area contributed by atoms with Crippen LogP contribution in [0.4, 0.5) is 0 Å². The van der Waals surface area contributed by atoms with Gasteiger partial charge in [0.15, 0.2) is 0 Å². The van der Waals surface area contributed by atoms with E-state index in [1.165, 1.54) is 11.5 Å². The molecule has 1 aliphatic heterocycles. The van der Waals surface area contributed by atoms with Crippen LogP contribution in [-0.4, -0.2) is 21.7 Å². The molecule has 0 spiro atoms. The zero-order valence-electron chi connectivity index (χ0n) is 8.43. The first-order chi connectivity index (χ1) is 6.60. The topological polar surface area (TPSA) is 42.4 Å². The minimum absolute atomic E-state index is 0.117. The van der Waals surface area contributed by atoms with Crippen LogP contribution in [0.25, 0.3) is 0 Å². The Morgan fingerprint density at radius 1 is 1.50 bits per heavy atom. The molecule has 1 aromatic heterocycles. The smallest absolute Gasteiger partial charge is 0.105 e. The summed E-state index contributed by atoms with van der Waals surface area (Å²) in [5.74, 6) is 0. The third-order valence-corrected chi connectivity index (χ3v) is 3.55. The van der Waals surface area contributed by atoms with E-state index in [1.54, 1.807) is 6.20 Å². The minimum atomic E-state index is -0.724. The van der Waals surface area contributed by atoms with E-state index in [9.17, 15) is 5.11 Å². The lowest BCUT2D eigenvalue weighted by atomic mass is 9.86. The third-order valence-electron chi connectivity index (χ3n) is 2.61. The van der Waals surface area contributed by atoms with Crippen LogP contribution in [0.5, 0.6) is 0 Å². The van der Waals surface area contributed by atoms with Crippen LogP contribution in [0.2, 0.25) is 0 Å². The number of aromatic nitrogens is 1. The predicted molar refractivity (Wildman–Crippen MR) is 55.3 cm³/mol. The number of hydrogen-bond donors (Lipinski definition) is 1. The molecule has 1 N–H and O–H groups in total. The SMILES string of the molecule is CC1CC(O)(c2ccns2)CC(C)O1. The van der Waals surface area contributed by atoms with Crippen molar-refractivity contribution >= 4 is 11.5 Å². The maximum atomic E-state index is 10.5. The molecule has 78 valence electrons. The average Bonchev–Trinajstić information content (AvgIpc) is 2.52. The minimum Gasteiger partial charge on any atom is -0.384 e. The van der Waals surface area contributed by atoms with Crippen LogP contribution in [-0.2, 0) is 10.3 Å². The Kier molecular flexibility index (Phi) is 2.60. The van der Waals surface area contributed by atoms with Crippen LogP contribution in [0.1, 0.15) is 31.6 Å².